The molecule has 0 aromatic carbocycles. The minimum absolute atomic E-state index is 0.0348. The van der Waals surface area contributed by atoms with Crippen LogP contribution in [0.2, 0.25) is 0 Å². The number of rotatable bonds is 5. The summed E-state index contributed by atoms with van der Waals surface area (Å²) in [7, 11) is 0. The van der Waals surface area contributed by atoms with Crippen molar-refractivity contribution in [1.82, 2.24) is 0 Å². The summed E-state index contributed by atoms with van der Waals surface area (Å²) in [4.78, 5) is 22.7. The van der Waals surface area contributed by atoms with Gasteiger partial charge in [-0.3, -0.25) is 9.59 Å². The molecule has 0 spiro atoms. The highest BCUT2D eigenvalue weighted by Crippen LogP contribution is 2.27. The van der Waals surface area contributed by atoms with Crippen molar-refractivity contribution in [2.75, 3.05) is 0 Å². The van der Waals surface area contributed by atoms with Crippen molar-refractivity contribution >= 4 is 11.8 Å². The smallest absolute Gasteiger partial charge is 0.313 e. The van der Waals surface area contributed by atoms with Crippen LogP contribution in [0.5, 0.6) is 0 Å². The zero-order valence-corrected chi connectivity index (χ0v) is 9.62. The van der Waals surface area contributed by atoms with Gasteiger partial charge in [0.2, 0.25) is 0 Å². The van der Waals surface area contributed by atoms with E-state index in [1.165, 1.54) is 12.8 Å². The minimum Gasteiger partial charge on any atom is -0.463 e. The van der Waals surface area contributed by atoms with Gasteiger partial charge in [0, 0.05) is 6.42 Å². The molecular weight excluding hydrogens is 192 g/mol. The van der Waals surface area contributed by atoms with Gasteiger partial charge in [-0.2, -0.15) is 0 Å². The fraction of sp³-hybridized carbons (Fsp3) is 0.833. The van der Waals surface area contributed by atoms with E-state index in [2.05, 4.69) is 0 Å². The lowest BCUT2D eigenvalue weighted by atomic mass is 10.00. The molecule has 1 aliphatic rings. The Morgan fingerprint density at radius 1 is 1.27 bits per heavy atom. The van der Waals surface area contributed by atoms with E-state index in [4.69, 9.17) is 4.74 Å². The first kappa shape index (κ1) is 12.2. The van der Waals surface area contributed by atoms with Crippen molar-refractivity contribution in [2.45, 2.75) is 58.5 Å². The lowest BCUT2D eigenvalue weighted by Crippen LogP contribution is -2.16. The first-order valence-corrected chi connectivity index (χ1v) is 5.79. The Hall–Kier alpha value is -0.860. The normalized spacial score (nSPS) is 17.0. The predicted octanol–water partition coefficient (Wildman–Crippen LogP) is 2.48. The van der Waals surface area contributed by atoms with Gasteiger partial charge in [-0.1, -0.05) is 25.7 Å². The Kier molecular flexibility index (Phi) is 4.79. The molecule has 0 aliphatic heterocycles. The summed E-state index contributed by atoms with van der Waals surface area (Å²) < 4.78 is 4.93. The molecule has 0 aromatic rings. The quantitative estimate of drug-likeness (QED) is 0.519. The van der Waals surface area contributed by atoms with Crippen molar-refractivity contribution in [2.24, 2.45) is 5.92 Å². The van der Waals surface area contributed by atoms with E-state index in [1.807, 2.05) is 0 Å². The fourth-order valence-electron chi connectivity index (χ4n) is 2.07. The first-order valence-electron chi connectivity index (χ1n) is 5.79. The topological polar surface area (TPSA) is 43.4 Å². The summed E-state index contributed by atoms with van der Waals surface area (Å²) in [5, 5.41) is 0. The lowest BCUT2D eigenvalue weighted by Gasteiger charge is -2.09. The molecule has 0 radical (unpaired) electrons. The molecule has 0 heterocycles. The van der Waals surface area contributed by atoms with Gasteiger partial charge in [0.15, 0.2) is 0 Å². The number of hydrogen-bond acceptors (Lipinski definition) is 3. The molecule has 15 heavy (non-hydrogen) atoms. The second kappa shape index (κ2) is 5.89. The molecule has 0 amide bonds. The highest BCUT2D eigenvalue weighted by molar-refractivity contribution is 5.95. The van der Waals surface area contributed by atoms with E-state index in [0.29, 0.717) is 12.3 Å². The molecule has 1 saturated carbocycles. The number of carbonyl (C=O) groups excluding carboxylic acids is 2. The van der Waals surface area contributed by atoms with Crippen LogP contribution in [-0.2, 0) is 14.3 Å². The fourth-order valence-corrected chi connectivity index (χ4v) is 2.07. The lowest BCUT2D eigenvalue weighted by molar-refractivity contribution is -0.149. The van der Waals surface area contributed by atoms with Crippen molar-refractivity contribution in [3.05, 3.63) is 0 Å². The molecule has 3 heteroatoms. The summed E-state index contributed by atoms with van der Waals surface area (Å²) in [6.45, 7) is 3.58. The molecule has 3 nitrogen and oxygen atoms in total. The van der Waals surface area contributed by atoms with E-state index in [0.717, 1.165) is 12.8 Å². The van der Waals surface area contributed by atoms with Crippen LogP contribution in [0.15, 0.2) is 0 Å². The molecular formula is C12H20O3. The van der Waals surface area contributed by atoms with Gasteiger partial charge in [-0.05, 0) is 19.8 Å². The van der Waals surface area contributed by atoms with Crippen LogP contribution >= 0.6 is 0 Å². The van der Waals surface area contributed by atoms with Crippen molar-refractivity contribution in [1.29, 1.82) is 0 Å². The van der Waals surface area contributed by atoms with Gasteiger partial charge >= 0.3 is 5.97 Å². The highest BCUT2D eigenvalue weighted by Gasteiger charge is 2.20. The number of carbonyl (C=O) groups is 2. The third-order valence-electron chi connectivity index (χ3n) is 2.70. The SMILES string of the molecule is CC(C)OC(=O)CC(=O)CC1CCCC1. The maximum atomic E-state index is 11.5. The van der Waals surface area contributed by atoms with Gasteiger partial charge in [-0.25, -0.2) is 0 Å². The Bertz CT molecular complexity index is 227. The first-order chi connectivity index (χ1) is 7.08. The second-order valence-corrected chi connectivity index (χ2v) is 4.61. The average Bonchev–Trinajstić information content (AvgIpc) is 2.53. The zero-order valence-electron chi connectivity index (χ0n) is 9.62. The van der Waals surface area contributed by atoms with Crippen LogP contribution in [-0.4, -0.2) is 17.9 Å². The summed E-state index contributed by atoms with van der Waals surface area (Å²) in [5.74, 6) is 0.171. The molecule has 1 fully saturated rings. The van der Waals surface area contributed by atoms with E-state index < -0.39 is 0 Å². The van der Waals surface area contributed by atoms with E-state index in [-0.39, 0.29) is 24.3 Å². The van der Waals surface area contributed by atoms with Gasteiger partial charge in [0.25, 0.3) is 0 Å². The van der Waals surface area contributed by atoms with Crippen LogP contribution in [0.25, 0.3) is 0 Å². The maximum absolute atomic E-state index is 11.5. The molecule has 0 unspecified atom stereocenters. The molecule has 0 saturated heterocycles. The average molecular weight is 212 g/mol. The Morgan fingerprint density at radius 2 is 1.87 bits per heavy atom. The summed E-state index contributed by atoms with van der Waals surface area (Å²) in [6.07, 6.45) is 5.14. The molecule has 1 rings (SSSR count). The molecule has 0 aromatic heterocycles. The molecule has 0 atom stereocenters. The van der Waals surface area contributed by atoms with E-state index in [9.17, 15) is 9.59 Å². The van der Waals surface area contributed by atoms with Gasteiger partial charge in [0.05, 0.1) is 6.10 Å². The zero-order chi connectivity index (χ0) is 11.3. The number of ether oxygens (including phenoxy) is 1. The third-order valence-corrected chi connectivity index (χ3v) is 2.70. The minimum atomic E-state index is -0.381. The number of hydrogen-bond donors (Lipinski definition) is 0. The second-order valence-electron chi connectivity index (χ2n) is 4.61. The van der Waals surface area contributed by atoms with Crippen LogP contribution in [0.4, 0.5) is 0 Å². The monoisotopic (exact) mass is 212 g/mol. The van der Waals surface area contributed by atoms with Crippen molar-refractivity contribution in [3.8, 4) is 0 Å². The standard InChI is InChI=1S/C12H20O3/c1-9(2)15-12(14)8-11(13)7-10-5-3-4-6-10/h9-10H,3-8H2,1-2H3. The van der Waals surface area contributed by atoms with Crippen LogP contribution in [0.3, 0.4) is 0 Å². The van der Waals surface area contributed by atoms with Crippen LogP contribution in [0, 0.1) is 5.92 Å². The van der Waals surface area contributed by atoms with Crippen LogP contribution < -0.4 is 0 Å². The van der Waals surface area contributed by atoms with Gasteiger partial charge in [-0.15, -0.1) is 0 Å². The van der Waals surface area contributed by atoms with Crippen molar-refractivity contribution in [3.63, 3.8) is 0 Å². The summed E-state index contributed by atoms with van der Waals surface area (Å²) in [5.41, 5.74) is 0. The van der Waals surface area contributed by atoms with Crippen molar-refractivity contribution < 1.29 is 14.3 Å². The number of Topliss-reactive ketones (excluding diaryl/α,β-unsaturated/α-hetero) is 1. The van der Waals surface area contributed by atoms with Gasteiger partial charge < -0.3 is 4.74 Å². The maximum Gasteiger partial charge on any atom is 0.313 e. The molecule has 0 bridgehead atoms. The Balaban J connectivity index is 2.19. The number of esters is 1. The van der Waals surface area contributed by atoms with Gasteiger partial charge in [0.1, 0.15) is 12.2 Å². The summed E-state index contributed by atoms with van der Waals surface area (Å²) in [6, 6.07) is 0. The van der Waals surface area contributed by atoms with Crippen LogP contribution in [0.1, 0.15) is 52.4 Å². The Labute approximate surface area is 91.2 Å². The molecule has 1 aliphatic carbocycles. The van der Waals surface area contributed by atoms with E-state index >= 15 is 0 Å². The Morgan fingerprint density at radius 3 is 2.40 bits per heavy atom. The largest absolute Gasteiger partial charge is 0.463 e. The molecule has 86 valence electrons. The van der Waals surface area contributed by atoms with E-state index in [1.54, 1.807) is 13.8 Å². The highest BCUT2D eigenvalue weighted by atomic mass is 16.5. The summed E-state index contributed by atoms with van der Waals surface area (Å²) >= 11 is 0. The number of ketones is 1. The predicted molar refractivity (Wildman–Crippen MR) is 57.4 cm³/mol. The molecule has 0 N–H and O–H groups in total. The third kappa shape index (κ3) is 4.96.